The van der Waals surface area contributed by atoms with Crippen molar-refractivity contribution in [1.82, 2.24) is 4.31 Å². The number of benzene rings is 1. The monoisotopic (exact) mass is 290 g/mol. The van der Waals surface area contributed by atoms with E-state index in [0.29, 0.717) is 10.6 Å². The lowest BCUT2D eigenvalue weighted by molar-refractivity contribution is -0.00950. The van der Waals surface area contributed by atoms with Crippen LogP contribution in [0.15, 0.2) is 24.3 Å². The first kappa shape index (κ1) is 13.8. The minimum absolute atomic E-state index is 0.195. The minimum Gasteiger partial charge on any atom is -0.385 e. The van der Waals surface area contributed by atoms with Crippen LogP contribution in [0.3, 0.4) is 0 Å². The molecule has 0 aromatic heterocycles. The number of aliphatic hydroxyl groups is 1. The molecule has 1 aliphatic heterocycles. The third kappa shape index (κ3) is 2.67. The molecule has 2 rings (SSSR count). The highest BCUT2D eigenvalue weighted by Crippen LogP contribution is 2.36. The number of nitrogens with two attached hydrogens (primary N) is 1. The molecule has 0 atom stereocenters. The Morgan fingerprint density at radius 1 is 1.28 bits per heavy atom. The smallest absolute Gasteiger partial charge is 0.276 e. The molecule has 5 nitrogen and oxygen atoms in total. The maximum Gasteiger partial charge on any atom is 0.276 e. The Hall–Kier alpha value is -0.660. The van der Waals surface area contributed by atoms with Gasteiger partial charge in [0.15, 0.2) is 0 Å². The molecular formula is C11H15ClN2O3S. The summed E-state index contributed by atoms with van der Waals surface area (Å²) in [4.78, 5) is 0. The van der Waals surface area contributed by atoms with Crippen LogP contribution in [0.1, 0.15) is 18.4 Å². The van der Waals surface area contributed by atoms with Gasteiger partial charge in [0, 0.05) is 23.7 Å². The Kier molecular flexibility index (Phi) is 3.66. The van der Waals surface area contributed by atoms with Gasteiger partial charge in [-0.25, -0.2) is 5.14 Å². The quantitative estimate of drug-likeness (QED) is 0.846. The van der Waals surface area contributed by atoms with Gasteiger partial charge in [0.25, 0.3) is 10.2 Å². The van der Waals surface area contributed by atoms with E-state index in [0.717, 1.165) is 4.31 Å². The summed E-state index contributed by atoms with van der Waals surface area (Å²) >= 11 is 6.06. The van der Waals surface area contributed by atoms with Gasteiger partial charge in [0.05, 0.1) is 5.60 Å². The highest BCUT2D eigenvalue weighted by Gasteiger charge is 2.37. The SMILES string of the molecule is NS(=O)(=O)N1CCC(O)(c2ccccc2Cl)CC1. The molecular weight excluding hydrogens is 276 g/mol. The van der Waals surface area contributed by atoms with Gasteiger partial charge in [-0.05, 0) is 18.9 Å². The Bertz CT molecular complexity index is 539. The van der Waals surface area contributed by atoms with Crippen LogP contribution in [-0.4, -0.2) is 30.9 Å². The van der Waals surface area contributed by atoms with Crippen molar-refractivity contribution in [2.24, 2.45) is 5.14 Å². The van der Waals surface area contributed by atoms with Crippen molar-refractivity contribution in [2.75, 3.05) is 13.1 Å². The van der Waals surface area contributed by atoms with Gasteiger partial charge in [0.2, 0.25) is 0 Å². The largest absolute Gasteiger partial charge is 0.385 e. The van der Waals surface area contributed by atoms with Crippen LogP contribution in [0, 0.1) is 0 Å². The standard InChI is InChI=1S/C11H15ClN2O3S/c12-10-4-2-1-3-9(10)11(15)5-7-14(8-6-11)18(13,16)17/h1-4,15H,5-8H2,(H2,13,16,17). The van der Waals surface area contributed by atoms with Crippen molar-refractivity contribution in [3.05, 3.63) is 34.9 Å². The number of hydrogen-bond acceptors (Lipinski definition) is 3. The fraction of sp³-hybridized carbons (Fsp3) is 0.455. The van der Waals surface area contributed by atoms with E-state index in [1.807, 2.05) is 0 Å². The van der Waals surface area contributed by atoms with E-state index < -0.39 is 15.8 Å². The molecule has 0 spiro atoms. The summed E-state index contributed by atoms with van der Waals surface area (Å²) in [5.74, 6) is 0. The average Bonchev–Trinajstić information content (AvgIpc) is 2.28. The summed E-state index contributed by atoms with van der Waals surface area (Å²) in [5, 5.41) is 16.1. The summed E-state index contributed by atoms with van der Waals surface area (Å²) in [7, 11) is -3.68. The normalized spacial score (nSPS) is 20.8. The van der Waals surface area contributed by atoms with Gasteiger partial charge in [-0.15, -0.1) is 0 Å². The molecule has 1 fully saturated rings. The zero-order valence-electron chi connectivity index (χ0n) is 9.71. The molecule has 7 heteroatoms. The second kappa shape index (κ2) is 4.79. The molecule has 100 valence electrons. The third-order valence-corrected chi connectivity index (χ3v) is 4.70. The fourth-order valence-electron chi connectivity index (χ4n) is 2.22. The van der Waals surface area contributed by atoms with Crippen molar-refractivity contribution in [3.8, 4) is 0 Å². The molecule has 0 aliphatic carbocycles. The van der Waals surface area contributed by atoms with Gasteiger partial charge < -0.3 is 5.11 Å². The molecule has 1 aliphatic rings. The Morgan fingerprint density at radius 2 is 1.83 bits per heavy atom. The van der Waals surface area contributed by atoms with Gasteiger partial charge in [-0.2, -0.15) is 12.7 Å². The number of nitrogens with zero attached hydrogens (tertiary/aromatic N) is 1. The highest BCUT2D eigenvalue weighted by atomic mass is 35.5. The number of hydrogen-bond donors (Lipinski definition) is 2. The molecule has 18 heavy (non-hydrogen) atoms. The molecule has 0 unspecified atom stereocenters. The van der Waals surface area contributed by atoms with Crippen molar-refractivity contribution in [3.63, 3.8) is 0 Å². The van der Waals surface area contributed by atoms with Gasteiger partial charge in [-0.3, -0.25) is 0 Å². The highest BCUT2D eigenvalue weighted by molar-refractivity contribution is 7.86. The maximum absolute atomic E-state index is 11.2. The zero-order valence-corrected chi connectivity index (χ0v) is 11.3. The van der Waals surface area contributed by atoms with E-state index in [4.69, 9.17) is 16.7 Å². The number of piperidine rings is 1. The van der Waals surface area contributed by atoms with Crippen molar-refractivity contribution < 1.29 is 13.5 Å². The molecule has 0 radical (unpaired) electrons. The first-order valence-electron chi connectivity index (χ1n) is 5.58. The van der Waals surface area contributed by atoms with Crippen LogP contribution in [0.4, 0.5) is 0 Å². The van der Waals surface area contributed by atoms with Crippen LogP contribution in [0.2, 0.25) is 5.02 Å². The maximum atomic E-state index is 11.2. The van der Waals surface area contributed by atoms with Crippen molar-refractivity contribution in [2.45, 2.75) is 18.4 Å². The second-order valence-corrected chi connectivity index (χ2v) is 6.41. The molecule has 0 amide bonds. The van der Waals surface area contributed by atoms with Crippen molar-refractivity contribution >= 4 is 21.8 Å². The predicted octanol–water partition coefficient (Wildman–Crippen LogP) is 0.827. The van der Waals surface area contributed by atoms with E-state index in [1.165, 1.54) is 0 Å². The molecule has 1 heterocycles. The summed E-state index contributed by atoms with van der Waals surface area (Å²) in [6, 6.07) is 7.05. The Morgan fingerprint density at radius 3 is 2.33 bits per heavy atom. The Labute approximate surface area is 111 Å². The molecule has 0 saturated carbocycles. The second-order valence-electron chi connectivity index (χ2n) is 4.46. The molecule has 1 aromatic rings. The first-order valence-corrected chi connectivity index (χ1v) is 7.46. The van der Waals surface area contributed by atoms with Gasteiger partial charge >= 0.3 is 0 Å². The topological polar surface area (TPSA) is 83.6 Å². The van der Waals surface area contributed by atoms with Crippen LogP contribution in [0.25, 0.3) is 0 Å². The summed E-state index contributed by atoms with van der Waals surface area (Å²) in [5.41, 5.74) is -0.444. The van der Waals surface area contributed by atoms with Crippen LogP contribution in [-0.2, 0) is 15.8 Å². The minimum atomic E-state index is -3.68. The summed E-state index contributed by atoms with van der Waals surface area (Å²) < 4.78 is 23.6. The van der Waals surface area contributed by atoms with Gasteiger partial charge in [0.1, 0.15) is 0 Å². The predicted molar refractivity (Wildman–Crippen MR) is 69.3 cm³/mol. The molecule has 3 N–H and O–H groups in total. The first-order chi connectivity index (χ1) is 8.33. The number of rotatable bonds is 2. The number of halogens is 1. The summed E-state index contributed by atoms with van der Waals surface area (Å²) in [6.45, 7) is 0.390. The fourth-order valence-corrected chi connectivity index (χ4v) is 3.22. The van der Waals surface area contributed by atoms with E-state index >= 15 is 0 Å². The van der Waals surface area contributed by atoms with E-state index in [1.54, 1.807) is 24.3 Å². The van der Waals surface area contributed by atoms with E-state index in [2.05, 4.69) is 0 Å². The Balaban J connectivity index is 2.20. The summed E-state index contributed by atoms with van der Waals surface area (Å²) in [6.07, 6.45) is 0.570. The van der Waals surface area contributed by atoms with Crippen LogP contribution in [0.5, 0.6) is 0 Å². The third-order valence-electron chi connectivity index (χ3n) is 3.28. The van der Waals surface area contributed by atoms with Crippen molar-refractivity contribution in [1.29, 1.82) is 0 Å². The lowest BCUT2D eigenvalue weighted by atomic mass is 9.85. The van der Waals surface area contributed by atoms with E-state index in [9.17, 15) is 13.5 Å². The molecule has 1 aromatic carbocycles. The van der Waals surface area contributed by atoms with E-state index in [-0.39, 0.29) is 25.9 Å². The lowest BCUT2D eigenvalue weighted by Crippen LogP contribution is -2.47. The molecule has 1 saturated heterocycles. The lowest BCUT2D eigenvalue weighted by Gasteiger charge is -2.37. The van der Waals surface area contributed by atoms with Crippen LogP contribution < -0.4 is 5.14 Å². The van der Waals surface area contributed by atoms with Crippen LogP contribution >= 0.6 is 11.6 Å². The van der Waals surface area contributed by atoms with Gasteiger partial charge in [-0.1, -0.05) is 29.8 Å². The molecule has 0 bridgehead atoms. The average molecular weight is 291 g/mol. The zero-order chi connectivity index (χ0) is 13.4.